The summed E-state index contributed by atoms with van der Waals surface area (Å²) in [6, 6.07) is 9.28. The van der Waals surface area contributed by atoms with Gasteiger partial charge in [-0.2, -0.15) is 11.8 Å². The lowest BCUT2D eigenvalue weighted by atomic mass is 10.1. The Labute approximate surface area is 174 Å². The first kappa shape index (κ1) is 18.4. The fourth-order valence-electron chi connectivity index (χ4n) is 4.14. The second-order valence-electron chi connectivity index (χ2n) is 7.63. The number of rotatable bonds is 2. The molecule has 0 radical (unpaired) electrons. The number of anilines is 2. The molecule has 0 amide bonds. The highest BCUT2D eigenvalue weighted by Gasteiger charge is 2.22. The van der Waals surface area contributed by atoms with Crippen molar-refractivity contribution in [2.75, 3.05) is 60.7 Å². The fraction of sp³-hybridized carbons (Fsp3) is 0.455. The first-order chi connectivity index (χ1) is 13.7. The molecule has 0 aliphatic carbocycles. The zero-order valence-corrected chi connectivity index (χ0v) is 18.2. The molecule has 0 spiro atoms. The van der Waals surface area contributed by atoms with E-state index in [1.165, 1.54) is 43.4 Å². The van der Waals surface area contributed by atoms with Crippen LogP contribution in [0.2, 0.25) is 0 Å². The molecule has 3 aromatic rings. The van der Waals surface area contributed by atoms with E-state index in [2.05, 4.69) is 59.7 Å². The zero-order chi connectivity index (χ0) is 19.1. The largest absolute Gasteiger partial charge is 0.378 e. The van der Waals surface area contributed by atoms with E-state index in [1.54, 1.807) is 0 Å². The third kappa shape index (κ3) is 3.42. The summed E-state index contributed by atoms with van der Waals surface area (Å²) in [5.74, 6) is 2.44. The topological polar surface area (TPSA) is 28.6 Å². The van der Waals surface area contributed by atoms with Crippen LogP contribution in [0.25, 0.3) is 20.4 Å². The van der Waals surface area contributed by atoms with Gasteiger partial charge in [0.2, 0.25) is 11.3 Å². The Balaban J connectivity index is 1.62. The maximum Gasteiger partial charge on any atom is 0.259 e. The standard InChI is InChI=1S/C22H26N3OS2/c1-15-11-17(24-3-7-26-8-4-24)13-19-21(15)23-22-16(2)12-18(14-20(22)28-19)25-5-9-27-10-6-25/h11-14H,3-10H2,1-2H3/q+1. The van der Waals surface area contributed by atoms with Gasteiger partial charge in [0, 0.05) is 61.2 Å². The highest BCUT2D eigenvalue weighted by atomic mass is 32.2. The zero-order valence-electron chi connectivity index (χ0n) is 16.5. The normalized spacial score (nSPS) is 18.2. The maximum atomic E-state index is 5.52. The molecule has 28 heavy (non-hydrogen) atoms. The monoisotopic (exact) mass is 412 g/mol. The van der Waals surface area contributed by atoms with Gasteiger partial charge in [0.25, 0.3) is 9.40 Å². The lowest BCUT2D eigenvalue weighted by Crippen LogP contribution is -2.36. The second-order valence-corrected chi connectivity index (χ2v) is 9.94. The van der Waals surface area contributed by atoms with Crippen molar-refractivity contribution < 1.29 is 4.74 Å². The Bertz CT molecular complexity index is 948. The first-order valence-corrected chi connectivity index (χ1v) is 12.0. The van der Waals surface area contributed by atoms with Gasteiger partial charge >= 0.3 is 0 Å². The number of fused-ring (bicyclic) bond motifs is 2. The number of hydrogen-bond donors (Lipinski definition) is 0. The maximum absolute atomic E-state index is 5.52. The predicted octanol–water partition coefficient (Wildman–Crippen LogP) is 4.74. The Morgan fingerprint density at radius 1 is 0.821 bits per heavy atom. The van der Waals surface area contributed by atoms with Gasteiger partial charge in [-0.15, -0.1) is 0 Å². The number of hydrogen-bond acceptors (Lipinski definition) is 5. The number of benzene rings is 2. The van der Waals surface area contributed by atoms with Gasteiger partial charge in [-0.1, -0.05) is 0 Å². The summed E-state index contributed by atoms with van der Waals surface area (Å²) in [6.45, 7) is 10.2. The minimum Gasteiger partial charge on any atom is -0.378 e. The van der Waals surface area contributed by atoms with Gasteiger partial charge < -0.3 is 14.5 Å². The SMILES string of the molecule is Cc1cc(N2CCOCC2)cc2[s+]c3cc(N4CCSCC4)cc(C)c3nc12. The molecule has 1 aromatic heterocycles. The van der Waals surface area contributed by atoms with Crippen LogP contribution in [0, 0.1) is 13.8 Å². The van der Waals surface area contributed by atoms with Crippen molar-refractivity contribution in [1.29, 1.82) is 0 Å². The number of aryl methyl sites for hydroxylation is 2. The number of aromatic nitrogens is 1. The Morgan fingerprint density at radius 2 is 1.36 bits per heavy atom. The van der Waals surface area contributed by atoms with Crippen molar-refractivity contribution in [3.8, 4) is 0 Å². The van der Waals surface area contributed by atoms with Gasteiger partial charge in [0.1, 0.15) is 11.0 Å². The summed E-state index contributed by atoms with van der Waals surface area (Å²) in [5, 5.41) is 0. The highest BCUT2D eigenvalue weighted by Crippen LogP contribution is 2.35. The summed E-state index contributed by atoms with van der Waals surface area (Å²) >= 11 is 3.94. The third-order valence-electron chi connectivity index (χ3n) is 5.70. The van der Waals surface area contributed by atoms with E-state index < -0.39 is 0 Å². The van der Waals surface area contributed by atoms with Crippen LogP contribution in [0.5, 0.6) is 0 Å². The summed E-state index contributed by atoms with van der Waals surface area (Å²) in [7, 11) is 0. The van der Waals surface area contributed by atoms with E-state index in [1.807, 2.05) is 11.3 Å². The number of ether oxygens (including phenoxy) is 1. The molecule has 2 aliphatic heterocycles. The van der Waals surface area contributed by atoms with Crippen LogP contribution in [0.15, 0.2) is 24.3 Å². The molecule has 0 N–H and O–H groups in total. The summed E-state index contributed by atoms with van der Waals surface area (Å²) in [5.41, 5.74) is 7.47. The Hall–Kier alpha value is -1.63. The molecule has 6 heteroatoms. The average molecular weight is 413 g/mol. The van der Waals surface area contributed by atoms with Gasteiger partial charge in [0.15, 0.2) is 0 Å². The molecule has 2 fully saturated rings. The van der Waals surface area contributed by atoms with E-state index in [4.69, 9.17) is 9.72 Å². The van der Waals surface area contributed by atoms with Crippen molar-refractivity contribution in [3.63, 3.8) is 0 Å². The molecule has 0 atom stereocenters. The molecule has 4 nitrogen and oxygen atoms in total. The summed E-state index contributed by atoms with van der Waals surface area (Å²) in [6.07, 6.45) is 0. The van der Waals surface area contributed by atoms with Crippen LogP contribution in [0.4, 0.5) is 11.4 Å². The van der Waals surface area contributed by atoms with E-state index in [-0.39, 0.29) is 0 Å². The first-order valence-electron chi connectivity index (χ1n) is 10.0. The van der Waals surface area contributed by atoms with Crippen LogP contribution < -0.4 is 9.80 Å². The van der Waals surface area contributed by atoms with Crippen LogP contribution >= 0.6 is 23.1 Å². The number of nitrogens with zero attached hydrogens (tertiary/aromatic N) is 3. The summed E-state index contributed by atoms with van der Waals surface area (Å²) in [4.78, 5) is 10.0. The average Bonchev–Trinajstić information content (AvgIpc) is 2.74. The van der Waals surface area contributed by atoms with Gasteiger partial charge in [-0.25, -0.2) is 4.98 Å². The van der Waals surface area contributed by atoms with Gasteiger partial charge in [0.05, 0.1) is 13.2 Å². The van der Waals surface area contributed by atoms with Crippen LogP contribution in [0.3, 0.4) is 0 Å². The minimum atomic E-state index is 0.813. The third-order valence-corrected chi connectivity index (χ3v) is 7.70. The van der Waals surface area contributed by atoms with Crippen molar-refractivity contribution in [2.24, 2.45) is 0 Å². The van der Waals surface area contributed by atoms with Crippen molar-refractivity contribution >= 4 is 54.9 Å². The van der Waals surface area contributed by atoms with Gasteiger partial charge in [-0.3, -0.25) is 0 Å². The molecule has 0 saturated carbocycles. The van der Waals surface area contributed by atoms with Crippen molar-refractivity contribution in [3.05, 3.63) is 35.4 Å². The van der Waals surface area contributed by atoms with Crippen molar-refractivity contribution in [1.82, 2.24) is 4.98 Å². The van der Waals surface area contributed by atoms with E-state index >= 15 is 0 Å². The minimum absolute atomic E-state index is 0.813. The van der Waals surface area contributed by atoms with Crippen LogP contribution in [-0.4, -0.2) is 55.9 Å². The van der Waals surface area contributed by atoms with Gasteiger partial charge in [-0.05, 0) is 37.1 Å². The smallest absolute Gasteiger partial charge is 0.259 e. The molecular weight excluding hydrogens is 386 g/mol. The molecule has 0 bridgehead atoms. The lowest BCUT2D eigenvalue weighted by Gasteiger charge is -2.29. The molecule has 0 unspecified atom stereocenters. The summed E-state index contributed by atoms with van der Waals surface area (Å²) < 4.78 is 8.09. The quantitative estimate of drug-likeness (QED) is 0.448. The predicted molar refractivity (Wildman–Crippen MR) is 124 cm³/mol. The van der Waals surface area contributed by atoms with E-state index in [0.29, 0.717) is 0 Å². The van der Waals surface area contributed by atoms with E-state index in [9.17, 15) is 0 Å². The number of thioether (sulfide) groups is 1. The lowest BCUT2D eigenvalue weighted by molar-refractivity contribution is 0.122. The molecule has 2 aliphatic rings. The van der Waals surface area contributed by atoms with Crippen LogP contribution in [-0.2, 0) is 4.74 Å². The second kappa shape index (κ2) is 7.65. The van der Waals surface area contributed by atoms with Crippen LogP contribution in [0.1, 0.15) is 11.1 Å². The Morgan fingerprint density at radius 3 is 1.93 bits per heavy atom. The molecule has 5 rings (SSSR count). The molecule has 2 aromatic carbocycles. The Kier molecular flexibility index (Phi) is 5.03. The molecular formula is C22H26N3OS2+. The number of morpholine rings is 1. The molecule has 2 saturated heterocycles. The fourth-order valence-corrected chi connectivity index (χ4v) is 6.24. The van der Waals surface area contributed by atoms with Crippen molar-refractivity contribution in [2.45, 2.75) is 13.8 Å². The highest BCUT2D eigenvalue weighted by molar-refractivity contribution is 7.99. The van der Waals surface area contributed by atoms with E-state index in [0.717, 1.165) is 50.4 Å². The molecule has 146 valence electrons. The molecule has 3 heterocycles.